The highest BCUT2D eigenvalue weighted by atomic mass is 19.4. The maximum atomic E-state index is 12.9. The molecule has 1 amide bonds. The van der Waals surface area contributed by atoms with E-state index in [1.54, 1.807) is 61.6 Å². The van der Waals surface area contributed by atoms with Gasteiger partial charge in [-0.05, 0) is 73.2 Å². The highest BCUT2D eigenvalue weighted by Gasteiger charge is 2.33. The van der Waals surface area contributed by atoms with Crippen LogP contribution in [-0.2, 0) is 4.79 Å². The number of alkyl halides is 3. The number of hydrogen-bond donors (Lipinski definition) is 0. The highest BCUT2D eigenvalue weighted by molar-refractivity contribution is 5.77. The zero-order valence-electron chi connectivity index (χ0n) is 20.9. The van der Waals surface area contributed by atoms with Gasteiger partial charge in [0.2, 0.25) is 6.41 Å². The number of halogens is 3. The van der Waals surface area contributed by atoms with Crippen molar-refractivity contribution in [1.29, 1.82) is 10.5 Å². The Labute approximate surface area is 214 Å². The fraction of sp³-hybridized carbons (Fsp3) is 0.250. The zero-order chi connectivity index (χ0) is 27.6. The first-order chi connectivity index (χ1) is 17.7. The quantitative estimate of drug-likeness (QED) is 0.321. The molecule has 3 aromatic carbocycles. The predicted molar refractivity (Wildman–Crippen MR) is 136 cm³/mol. The van der Waals surface area contributed by atoms with E-state index in [2.05, 4.69) is 10.8 Å². The van der Waals surface area contributed by atoms with E-state index in [9.17, 15) is 18.0 Å². The van der Waals surface area contributed by atoms with Crippen molar-refractivity contribution in [2.24, 2.45) is 0 Å². The van der Waals surface area contributed by atoms with Gasteiger partial charge in [-0.2, -0.15) is 10.5 Å². The van der Waals surface area contributed by atoms with Crippen LogP contribution in [0.2, 0.25) is 0 Å². The van der Waals surface area contributed by atoms with E-state index in [-0.39, 0.29) is 0 Å². The Balaban J connectivity index is 0.00000235. The summed E-state index contributed by atoms with van der Waals surface area (Å²) in [5, 5.41) is 18.2. The molecule has 2 unspecified atom stereocenters. The summed E-state index contributed by atoms with van der Waals surface area (Å²) in [7, 11) is 1.79. The molecule has 0 heterocycles. The Kier molecular flexibility index (Phi) is 10.1. The van der Waals surface area contributed by atoms with Gasteiger partial charge in [0.1, 0.15) is 5.75 Å². The van der Waals surface area contributed by atoms with Crippen LogP contribution in [0.1, 0.15) is 43.5 Å². The second-order valence-electron chi connectivity index (χ2n) is 7.75. The summed E-state index contributed by atoms with van der Waals surface area (Å²) < 4.78 is 42.7. The Bertz CT molecular complexity index is 1250. The maximum absolute atomic E-state index is 12.9. The summed E-state index contributed by atoms with van der Waals surface area (Å²) in [6, 6.07) is 21.5. The molecule has 6 nitrogen and oxygen atoms in total. The summed E-state index contributed by atoms with van der Waals surface area (Å²) in [6.45, 7) is 5.83. The number of hydrogen-bond acceptors (Lipinski definition) is 5. The van der Waals surface area contributed by atoms with Gasteiger partial charge in [-0.1, -0.05) is 26.0 Å². The third-order valence-corrected chi connectivity index (χ3v) is 5.61. The Morgan fingerprint density at radius 2 is 1.41 bits per heavy atom. The molecule has 9 heteroatoms. The first-order valence-corrected chi connectivity index (χ1v) is 11.5. The van der Waals surface area contributed by atoms with Crippen molar-refractivity contribution in [3.63, 3.8) is 0 Å². The van der Waals surface area contributed by atoms with E-state index in [4.69, 9.17) is 10.5 Å². The molecule has 0 aliphatic rings. The van der Waals surface area contributed by atoms with Gasteiger partial charge >= 0.3 is 6.36 Å². The standard InChI is InChI=1S/C26H21F3N4O2.C2H6/c1-18(32(2)22-10-6-19(15-30)7-11-22)25(21-4-3-5-24(14-21)35-26(27,28)29)33(17-34)23-12-8-20(16-31)9-13-23;1-2/h3-14,17-18,25H,1-2H3;1-2H3. The lowest BCUT2D eigenvalue weighted by Gasteiger charge is -2.39. The predicted octanol–water partition coefficient (Wildman–Crippen LogP) is 6.58. The van der Waals surface area contributed by atoms with Crippen LogP contribution in [0.25, 0.3) is 0 Å². The van der Waals surface area contributed by atoms with Gasteiger partial charge in [0.25, 0.3) is 0 Å². The number of nitrogens with zero attached hydrogens (tertiary/aromatic N) is 4. The number of amides is 1. The minimum Gasteiger partial charge on any atom is -0.406 e. The van der Waals surface area contributed by atoms with Gasteiger partial charge in [0.05, 0.1) is 35.3 Å². The molecular weight excluding hydrogens is 481 g/mol. The summed E-state index contributed by atoms with van der Waals surface area (Å²) in [5.74, 6) is -0.404. The molecule has 2 atom stereocenters. The first kappa shape index (κ1) is 28.7. The molecule has 0 saturated heterocycles. The summed E-state index contributed by atoms with van der Waals surface area (Å²) >= 11 is 0. The van der Waals surface area contributed by atoms with Gasteiger partial charge in [0.15, 0.2) is 0 Å². The Morgan fingerprint density at radius 3 is 1.86 bits per heavy atom. The van der Waals surface area contributed by atoms with Crippen LogP contribution in [0.15, 0.2) is 72.8 Å². The molecule has 0 saturated carbocycles. The van der Waals surface area contributed by atoms with Gasteiger partial charge < -0.3 is 14.5 Å². The summed E-state index contributed by atoms with van der Waals surface area (Å²) in [4.78, 5) is 15.6. The minimum atomic E-state index is -4.86. The Morgan fingerprint density at radius 1 is 0.892 bits per heavy atom. The summed E-state index contributed by atoms with van der Waals surface area (Å²) in [6.07, 6.45) is -4.26. The number of nitriles is 2. The topological polar surface area (TPSA) is 80.4 Å². The van der Waals surface area contributed by atoms with Crippen molar-refractivity contribution in [1.82, 2.24) is 0 Å². The van der Waals surface area contributed by atoms with Crippen molar-refractivity contribution < 1.29 is 22.7 Å². The number of likely N-dealkylation sites (N-methyl/N-ethyl adjacent to an activating group) is 1. The van der Waals surface area contributed by atoms with Crippen LogP contribution in [0.3, 0.4) is 0 Å². The molecule has 0 spiro atoms. The molecule has 0 fully saturated rings. The van der Waals surface area contributed by atoms with E-state index < -0.39 is 24.2 Å². The molecular formula is C28H27F3N4O2. The van der Waals surface area contributed by atoms with Crippen LogP contribution in [0, 0.1) is 22.7 Å². The van der Waals surface area contributed by atoms with Crippen molar-refractivity contribution >= 4 is 17.8 Å². The normalized spacial score (nSPS) is 12.0. The van der Waals surface area contributed by atoms with Crippen molar-refractivity contribution in [2.45, 2.75) is 39.2 Å². The fourth-order valence-corrected chi connectivity index (χ4v) is 3.78. The lowest BCUT2D eigenvalue weighted by Crippen LogP contribution is -2.43. The first-order valence-electron chi connectivity index (χ1n) is 11.5. The number of ether oxygens (including phenoxy) is 1. The third-order valence-electron chi connectivity index (χ3n) is 5.61. The van der Waals surface area contributed by atoms with Gasteiger partial charge in [0, 0.05) is 18.4 Å². The number of carbonyl (C=O) groups excluding carboxylic acids is 1. The van der Waals surface area contributed by atoms with Crippen LogP contribution in [0.4, 0.5) is 24.5 Å². The van der Waals surface area contributed by atoms with Crippen LogP contribution >= 0.6 is 0 Å². The van der Waals surface area contributed by atoms with E-state index in [0.717, 1.165) is 5.69 Å². The molecule has 37 heavy (non-hydrogen) atoms. The molecule has 3 aromatic rings. The lowest BCUT2D eigenvalue weighted by atomic mass is 9.96. The van der Waals surface area contributed by atoms with Crippen molar-refractivity contribution in [2.75, 3.05) is 16.8 Å². The number of benzene rings is 3. The van der Waals surface area contributed by atoms with Gasteiger partial charge in [-0.3, -0.25) is 4.79 Å². The monoisotopic (exact) mass is 508 g/mol. The van der Waals surface area contributed by atoms with E-state index >= 15 is 0 Å². The van der Waals surface area contributed by atoms with Crippen LogP contribution < -0.4 is 14.5 Å². The third kappa shape index (κ3) is 7.49. The number of rotatable bonds is 8. The van der Waals surface area contributed by atoms with E-state index in [1.165, 1.54) is 23.1 Å². The van der Waals surface area contributed by atoms with Crippen LogP contribution in [-0.4, -0.2) is 25.9 Å². The zero-order valence-corrected chi connectivity index (χ0v) is 20.9. The maximum Gasteiger partial charge on any atom is 0.573 e. The average Bonchev–Trinajstić information content (AvgIpc) is 2.91. The molecule has 0 aromatic heterocycles. The molecule has 0 aliphatic carbocycles. The fourth-order valence-electron chi connectivity index (χ4n) is 3.78. The largest absolute Gasteiger partial charge is 0.573 e. The minimum absolute atomic E-state index is 0.402. The summed E-state index contributed by atoms with van der Waals surface area (Å²) in [5.41, 5.74) is 2.51. The molecule has 3 rings (SSSR count). The second kappa shape index (κ2) is 13.0. The van der Waals surface area contributed by atoms with Crippen LogP contribution in [0.5, 0.6) is 5.75 Å². The highest BCUT2D eigenvalue weighted by Crippen LogP contribution is 2.35. The number of anilines is 2. The molecule has 192 valence electrons. The average molecular weight is 509 g/mol. The van der Waals surface area contributed by atoms with Crippen molar-refractivity contribution in [3.05, 3.63) is 89.5 Å². The second-order valence-corrected chi connectivity index (χ2v) is 7.75. The number of carbonyl (C=O) groups is 1. The smallest absolute Gasteiger partial charge is 0.406 e. The van der Waals surface area contributed by atoms with Crippen molar-refractivity contribution in [3.8, 4) is 17.9 Å². The molecule has 0 radical (unpaired) electrons. The molecule has 0 bridgehead atoms. The molecule has 0 N–H and O–H groups in total. The Hall–Kier alpha value is -4.50. The lowest BCUT2D eigenvalue weighted by molar-refractivity contribution is -0.274. The van der Waals surface area contributed by atoms with Gasteiger partial charge in [-0.15, -0.1) is 13.2 Å². The van der Waals surface area contributed by atoms with E-state index in [1.807, 2.05) is 31.7 Å². The van der Waals surface area contributed by atoms with E-state index in [0.29, 0.717) is 28.8 Å². The molecule has 0 aliphatic heterocycles. The van der Waals surface area contributed by atoms with Gasteiger partial charge in [-0.25, -0.2) is 0 Å². The SMILES string of the molecule is CC.CC(C(c1cccc(OC(F)(F)F)c1)N(C=O)c1ccc(C#N)cc1)N(C)c1ccc(C#N)cc1.